The molecule has 0 bridgehead atoms. The minimum atomic E-state index is -1.12. The summed E-state index contributed by atoms with van der Waals surface area (Å²) in [6, 6.07) is 9.77. The monoisotopic (exact) mass is 540 g/mol. The van der Waals surface area contributed by atoms with Gasteiger partial charge in [0.05, 0.1) is 48.8 Å². The molecule has 1 aromatic heterocycles. The smallest absolute Gasteiger partial charge is 0.414 e. The summed E-state index contributed by atoms with van der Waals surface area (Å²) in [6.45, 7) is 2.37. The minimum absolute atomic E-state index is 0.0304. The fraction of sp³-hybridized carbons (Fsp3) is 0.320. The maximum Gasteiger partial charge on any atom is 0.414 e. The first-order valence-electron chi connectivity index (χ1n) is 12.2. The third-order valence-electron chi connectivity index (χ3n) is 6.69. The van der Waals surface area contributed by atoms with Crippen molar-refractivity contribution >= 4 is 29.3 Å². The molecule has 0 spiro atoms. The van der Waals surface area contributed by atoms with Gasteiger partial charge in [-0.1, -0.05) is 0 Å². The van der Waals surface area contributed by atoms with Gasteiger partial charge in [0.2, 0.25) is 5.91 Å². The van der Waals surface area contributed by atoms with Crippen molar-refractivity contribution < 1.29 is 28.6 Å². The number of carbonyl (C=O) groups excluding carboxylic acids is 2. The third kappa shape index (κ3) is 4.87. The summed E-state index contributed by atoms with van der Waals surface area (Å²) in [6.07, 6.45) is -1.19. The van der Waals surface area contributed by atoms with Crippen LogP contribution >= 0.6 is 0 Å². The number of carboxylic acids is 1. The highest BCUT2D eigenvalue weighted by molar-refractivity contribution is 5.90. The minimum Gasteiger partial charge on any atom is -0.478 e. The lowest BCUT2D eigenvalue weighted by Gasteiger charge is -2.23. The van der Waals surface area contributed by atoms with Crippen LogP contribution in [-0.4, -0.2) is 69.3 Å². The number of cyclic esters (lactones) is 1. The lowest BCUT2D eigenvalue weighted by atomic mass is 10.2. The normalized spacial score (nSPS) is 17.0. The number of nitrogens with zero attached hydrogens (tertiary/aromatic N) is 5. The molecule has 2 aliphatic rings. The zero-order valence-corrected chi connectivity index (χ0v) is 20.9. The molecular weight excluding hydrogens is 515 g/mol. The van der Waals surface area contributed by atoms with Crippen LogP contribution in [0.5, 0.6) is 0 Å². The number of rotatable bonds is 6. The fourth-order valence-electron chi connectivity index (χ4n) is 4.73. The molecule has 1 saturated heterocycles. The van der Waals surface area contributed by atoms with Gasteiger partial charge in [-0.3, -0.25) is 9.69 Å². The zero-order valence-electron chi connectivity index (χ0n) is 20.9. The number of amides is 2. The number of aromatic carboxylic acids is 1. The number of nitrogens with one attached hydrogen (secondary N) is 1. The van der Waals surface area contributed by atoms with Gasteiger partial charge in [-0.15, -0.1) is 0 Å². The molecular formula is C25H25FN6O7. The van der Waals surface area contributed by atoms with E-state index in [0.29, 0.717) is 5.69 Å². The molecule has 2 N–H and O–H groups in total. The van der Waals surface area contributed by atoms with E-state index >= 15 is 4.39 Å². The maximum absolute atomic E-state index is 15.2. The van der Waals surface area contributed by atoms with E-state index in [1.54, 1.807) is 11.0 Å². The van der Waals surface area contributed by atoms with E-state index in [1.165, 1.54) is 57.6 Å². The summed E-state index contributed by atoms with van der Waals surface area (Å²) in [7, 11) is 0. The number of anilines is 2. The van der Waals surface area contributed by atoms with Crippen LogP contribution in [0.15, 0.2) is 52.1 Å². The first-order valence-corrected chi connectivity index (χ1v) is 12.2. The Morgan fingerprint density at radius 1 is 0.974 bits per heavy atom. The van der Waals surface area contributed by atoms with Gasteiger partial charge in [0.25, 0.3) is 0 Å². The SMILES string of the molecule is CC(=O)NCC1CN(c2ccc(N3CCn4c(=O)n(-c5ccc(C(=O)O)cc5)c(=O)n4CC3)c(F)c2)C(=O)O1. The second-order valence-corrected chi connectivity index (χ2v) is 9.18. The molecule has 1 unspecified atom stereocenters. The Morgan fingerprint density at radius 2 is 1.59 bits per heavy atom. The summed E-state index contributed by atoms with van der Waals surface area (Å²) in [4.78, 5) is 63.6. The lowest BCUT2D eigenvalue weighted by Crippen LogP contribution is -2.33. The van der Waals surface area contributed by atoms with Crippen LogP contribution in [0.25, 0.3) is 5.69 Å². The van der Waals surface area contributed by atoms with Gasteiger partial charge in [-0.25, -0.2) is 37.5 Å². The second kappa shape index (κ2) is 10.1. The number of carbonyl (C=O) groups is 3. The topological polar surface area (TPSA) is 148 Å². The number of hydrogen-bond donors (Lipinski definition) is 2. The van der Waals surface area contributed by atoms with Gasteiger partial charge >= 0.3 is 23.4 Å². The van der Waals surface area contributed by atoms with Crippen LogP contribution < -0.4 is 26.5 Å². The maximum atomic E-state index is 15.2. The van der Waals surface area contributed by atoms with Gasteiger partial charge in [0.15, 0.2) is 0 Å². The van der Waals surface area contributed by atoms with Crippen LogP contribution in [0.3, 0.4) is 0 Å². The van der Waals surface area contributed by atoms with E-state index in [1.807, 2.05) is 0 Å². The zero-order chi connectivity index (χ0) is 27.8. The van der Waals surface area contributed by atoms with Crippen molar-refractivity contribution in [3.63, 3.8) is 0 Å². The van der Waals surface area contributed by atoms with Crippen molar-refractivity contribution in [2.75, 3.05) is 36.0 Å². The highest BCUT2D eigenvalue weighted by atomic mass is 19.1. The van der Waals surface area contributed by atoms with E-state index in [9.17, 15) is 24.0 Å². The number of fused-ring (bicyclic) bond motifs is 1. The van der Waals surface area contributed by atoms with Crippen LogP contribution in [0.4, 0.5) is 20.6 Å². The van der Waals surface area contributed by atoms with Crippen LogP contribution in [-0.2, 0) is 22.6 Å². The average molecular weight is 541 g/mol. The standard InChI is InChI=1S/C25H25FN6O7/c1-15(33)27-13-19-14-29(25(38)39-19)18-6-7-21(20(26)12-18)28-8-10-30-23(36)32(24(37)31(30)11-9-28)17-4-2-16(3-5-17)22(34)35/h2-7,12,19H,8-11,13-14H2,1H3,(H,27,33)(H,34,35). The Morgan fingerprint density at radius 3 is 2.15 bits per heavy atom. The summed E-state index contributed by atoms with van der Waals surface area (Å²) in [5.74, 6) is -1.95. The predicted octanol–water partition coefficient (Wildman–Crippen LogP) is 0.620. The molecule has 2 aliphatic heterocycles. The van der Waals surface area contributed by atoms with Crippen LogP contribution in [0.1, 0.15) is 17.3 Å². The average Bonchev–Trinajstić information content (AvgIpc) is 3.27. The van der Waals surface area contributed by atoms with Gasteiger partial charge in [-0.05, 0) is 42.5 Å². The number of carboxylic acid groups (broad SMARTS) is 1. The highest BCUT2D eigenvalue weighted by Crippen LogP contribution is 2.28. The first-order chi connectivity index (χ1) is 18.6. The Balaban J connectivity index is 1.32. The van der Waals surface area contributed by atoms with Crippen molar-refractivity contribution in [2.45, 2.75) is 26.1 Å². The molecule has 0 radical (unpaired) electrons. The van der Waals surface area contributed by atoms with Crippen molar-refractivity contribution in [3.05, 3.63) is 74.8 Å². The van der Waals surface area contributed by atoms with Crippen molar-refractivity contribution in [2.24, 2.45) is 0 Å². The van der Waals surface area contributed by atoms with Crippen LogP contribution in [0, 0.1) is 5.82 Å². The molecule has 1 atom stereocenters. The molecule has 0 saturated carbocycles. The molecule has 3 aromatic rings. The van der Waals surface area contributed by atoms with E-state index in [0.717, 1.165) is 4.57 Å². The molecule has 3 heterocycles. The molecule has 0 aliphatic carbocycles. The molecule has 2 amide bonds. The quantitative estimate of drug-likeness (QED) is 0.462. The Kier molecular flexibility index (Phi) is 6.68. The van der Waals surface area contributed by atoms with Gasteiger partial charge in [-0.2, -0.15) is 0 Å². The summed E-state index contributed by atoms with van der Waals surface area (Å²) in [5.41, 5.74) is -0.321. The van der Waals surface area contributed by atoms with E-state index in [2.05, 4.69) is 5.32 Å². The first kappa shape index (κ1) is 25.8. The summed E-state index contributed by atoms with van der Waals surface area (Å²) < 4.78 is 24.0. The van der Waals surface area contributed by atoms with E-state index in [4.69, 9.17) is 9.84 Å². The lowest BCUT2D eigenvalue weighted by molar-refractivity contribution is -0.119. The Bertz CT molecular complexity index is 1540. The van der Waals surface area contributed by atoms with Crippen LogP contribution in [0.2, 0.25) is 0 Å². The Hall–Kier alpha value is -4.88. The molecule has 204 valence electrons. The number of halogens is 1. The molecule has 1 fully saturated rings. The number of ether oxygens (including phenoxy) is 1. The number of benzene rings is 2. The van der Waals surface area contributed by atoms with Gasteiger partial charge in [0.1, 0.15) is 11.9 Å². The summed E-state index contributed by atoms with van der Waals surface area (Å²) >= 11 is 0. The van der Waals surface area contributed by atoms with E-state index in [-0.39, 0.29) is 62.1 Å². The highest BCUT2D eigenvalue weighted by Gasteiger charge is 2.33. The number of aromatic nitrogens is 3. The fourth-order valence-corrected chi connectivity index (χ4v) is 4.73. The largest absolute Gasteiger partial charge is 0.478 e. The van der Waals surface area contributed by atoms with Gasteiger partial charge in [0, 0.05) is 20.0 Å². The third-order valence-corrected chi connectivity index (χ3v) is 6.69. The predicted molar refractivity (Wildman–Crippen MR) is 136 cm³/mol. The van der Waals surface area contributed by atoms with Crippen molar-refractivity contribution in [1.82, 2.24) is 19.2 Å². The molecule has 5 rings (SSSR count). The van der Waals surface area contributed by atoms with Gasteiger partial charge < -0.3 is 20.1 Å². The molecule has 2 aromatic carbocycles. The number of hydrogen-bond acceptors (Lipinski definition) is 7. The van der Waals surface area contributed by atoms with Crippen molar-refractivity contribution in [3.8, 4) is 5.69 Å². The molecule has 39 heavy (non-hydrogen) atoms. The Labute approximate surface area is 220 Å². The molecule has 13 nitrogen and oxygen atoms in total. The molecule has 14 heteroatoms. The van der Waals surface area contributed by atoms with E-state index < -0.39 is 35.4 Å². The summed E-state index contributed by atoms with van der Waals surface area (Å²) in [5, 5.41) is 11.7. The van der Waals surface area contributed by atoms with Crippen molar-refractivity contribution in [1.29, 1.82) is 0 Å². The second-order valence-electron chi connectivity index (χ2n) is 9.18.